The highest BCUT2D eigenvalue weighted by molar-refractivity contribution is 6.32. The average Bonchev–Trinajstić information content (AvgIpc) is 2.48. The van der Waals surface area contributed by atoms with Crippen molar-refractivity contribution < 1.29 is 13.9 Å². The van der Waals surface area contributed by atoms with Gasteiger partial charge in [-0.15, -0.1) is 0 Å². The van der Waals surface area contributed by atoms with Gasteiger partial charge in [-0.25, -0.2) is 8.78 Å². The fourth-order valence-corrected chi connectivity index (χ4v) is 2.60. The summed E-state index contributed by atoms with van der Waals surface area (Å²) in [5.74, 6) is -1.67. The standard InChI is InChI=1S/C15H14ClF2N3O2/c16-13-11(19-8-15(23)4-1-5-15)7-20-21(14(13)22)12-3-2-9(17)6-10(12)18/h2-3,6-7,19,23H,1,4-5,8H2. The van der Waals surface area contributed by atoms with E-state index < -0.39 is 22.8 Å². The van der Waals surface area contributed by atoms with Crippen LogP contribution in [0.3, 0.4) is 0 Å². The lowest BCUT2D eigenvalue weighted by Crippen LogP contribution is -2.43. The molecule has 0 bridgehead atoms. The van der Waals surface area contributed by atoms with Gasteiger partial charge in [0.2, 0.25) is 0 Å². The molecule has 0 amide bonds. The molecule has 23 heavy (non-hydrogen) atoms. The molecule has 2 N–H and O–H groups in total. The normalized spacial score (nSPS) is 16.0. The van der Waals surface area contributed by atoms with Crippen LogP contribution in [0, 0.1) is 11.6 Å². The van der Waals surface area contributed by atoms with Crippen LogP contribution in [-0.4, -0.2) is 27.0 Å². The third-order valence-electron chi connectivity index (χ3n) is 3.95. The predicted octanol–water partition coefficient (Wildman–Crippen LogP) is 2.49. The van der Waals surface area contributed by atoms with E-state index in [0.29, 0.717) is 18.9 Å². The SMILES string of the molecule is O=c1c(Cl)c(NCC2(O)CCC2)cnn1-c1ccc(F)cc1F. The lowest BCUT2D eigenvalue weighted by atomic mass is 9.80. The Morgan fingerprint density at radius 3 is 2.74 bits per heavy atom. The minimum Gasteiger partial charge on any atom is -0.388 e. The number of halogens is 3. The lowest BCUT2D eigenvalue weighted by molar-refractivity contribution is -0.0202. The van der Waals surface area contributed by atoms with Crippen molar-refractivity contribution in [2.75, 3.05) is 11.9 Å². The monoisotopic (exact) mass is 341 g/mol. The summed E-state index contributed by atoms with van der Waals surface area (Å²) in [5.41, 5.74) is -1.46. The Morgan fingerprint density at radius 1 is 1.39 bits per heavy atom. The Labute approximate surface area is 135 Å². The topological polar surface area (TPSA) is 67.2 Å². The minimum absolute atomic E-state index is 0.174. The van der Waals surface area contributed by atoms with Crippen molar-refractivity contribution in [3.63, 3.8) is 0 Å². The first-order valence-corrected chi connectivity index (χ1v) is 7.47. The molecule has 0 saturated heterocycles. The first-order valence-electron chi connectivity index (χ1n) is 7.09. The number of benzene rings is 1. The quantitative estimate of drug-likeness (QED) is 0.896. The molecule has 1 aliphatic carbocycles. The average molecular weight is 342 g/mol. The molecule has 1 aromatic heterocycles. The first-order chi connectivity index (χ1) is 10.9. The highest BCUT2D eigenvalue weighted by atomic mass is 35.5. The summed E-state index contributed by atoms with van der Waals surface area (Å²) >= 11 is 6.01. The molecule has 1 fully saturated rings. The van der Waals surface area contributed by atoms with Gasteiger partial charge in [0.1, 0.15) is 16.5 Å². The zero-order valence-electron chi connectivity index (χ0n) is 12.0. The summed E-state index contributed by atoms with van der Waals surface area (Å²) in [4.78, 5) is 12.2. The van der Waals surface area contributed by atoms with Gasteiger partial charge in [-0.3, -0.25) is 4.79 Å². The predicted molar refractivity (Wildman–Crippen MR) is 82.1 cm³/mol. The number of nitrogens with zero attached hydrogens (tertiary/aromatic N) is 2. The van der Waals surface area contributed by atoms with E-state index in [2.05, 4.69) is 10.4 Å². The number of anilines is 1. The van der Waals surface area contributed by atoms with E-state index in [-0.39, 0.29) is 22.9 Å². The number of nitrogens with one attached hydrogen (secondary N) is 1. The van der Waals surface area contributed by atoms with Gasteiger partial charge in [0.15, 0.2) is 5.82 Å². The van der Waals surface area contributed by atoms with Gasteiger partial charge in [-0.1, -0.05) is 11.6 Å². The molecule has 0 atom stereocenters. The van der Waals surface area contributed by atoms with Crippen molar-refractivity contribution in [3.05, 3.63) is 51.4 Å². The summed E-state index contributed by atoms with van der Waals surface area (Å²) in [6, 6.07) is 2.80. The van der Waals surface area contributed by atoms with Crippen molar-refractivity contribution in [2.45, 2.75) is 24.9 Å². The Bertz CT molecular complexity index is 806. The Kier molecular flexibility index (Phi) is 4.08. The summed E-state index contributed by atoms with van der Waals surface area (Å²) in [7, 11) is 0. The maximum Gasteiger partial charge on any atom is 0.292 e. The van der Waals surface area contributed by atoms with Crippen molar-refractivity contribution in [1.82, 2.24) is 9.78 Å². The maximum atomic E-state index is 13.8. The van der Waals surface area contributed by atoms with E-state index in [0.717, 1.165) is 23.2 Å². The van der Waals surface area contributed by atoms with Crippen LogP contribution in [0.1, 0.15) is 19.3 Å². The van der Waals surface area contributed by atoms with Crippen LogP contribution in [-0.2, 0) is 0 Å². The lowest BCUT2D eigenvalue weighted by Gasteiger charge is -2.36. The van der Waals surface area contributed by atoms with Crippen LogP contribution in [0.4, 0.5) is 14.5 Å². The van der Waals surface area contributed by atoms with Crippen molar-refractivity contribution in [3.8, 4) is 5.69 Å². The minimum atomic E-state index is -0.917. The van der Waals surface area contributed by atoms with Crippen LogP contribution < -0.4 is 10.9 Å². The van der Waals surface area contributed by atoms with Crippen LogP contribution in [0.5, 0.6) is 0 Å². The highest BCUT2D eigenvalue weighted by Gasteiger charge is 2.34. The van der Waals surface area contributed by atoms with Crippen molar-refractivity contribution in [1.29, 1.82) is 0 Å². The zero-order chi connectivity index (χ0) is 16.6. The number of hydrogen-bond acceptors (Lipinski definition) is 4. The van der Waals surface area contributed by atoms with Gasteiger partial charge in [0.25, 0.3) is 5.56 Å². The molecule has 0 unspecified atom stereocenters. The van der Waals surface area contributed by atoms with Crippen LogP contribution >= 0.6 is 11.6 Å². The summed E-state index contributed by atoms with van der Waals surface area (Å²) < 4.78 is 27.5. The molecule has 1 aromatic carbocycles. The summed E-state index contributed by atoms with van der Waals surface area (Å²) in [5, 5.41) is 16.6. The van der Waals surface area contributed by atoms with E-state index >= 15 is 0 Å². The second-order valence-electron chi connectivity index (χ2n) is 5.62. The Morgan fingerprint density at radius 2 is 2.13 bits per heavy atom. The maximum absolute atomic E-state index is 13.8. The molecule has 2 aromatic rings. The van der Waals surface area contributed by atoms with Crippen LogP contribution in [0.15, 0.2) is 29.2 Å². The number of rotatable bonds is 4. The second kappa shape index (κ2) is 5.90. The largest absolute Gasteiger partial charge is 0.388 e. The zero-order valence-corrected chi connectivity index (χ0v) is 12.8. The summed E-state index contributed by atoms with van der Waals surface area (Å²) in [6.45, 7) is 0.253. The molecule has 3 rings (SSSR count). The van der Waals surface area contributed by atoms with E-state index in [1.165, 1.54) is 6.20 Å². The van der Waals surface area contributed by atoms with Gasteiger partial charge in [0, 0.05) is 12.6 Å². The van der Waals surface area contributed by atoms with Gasteiger partial charge >= 0.3 is 0 Å². The first kappa shape index (κ1) is 15.9. The second-order valence-corrected chi connectivity index (χ2v) is 5.99. The smallest absolute Gasteiger partial charge is 0.292 e. The van der Waals surface area contributed by atoms with Gasteiger partial charge in [-0.05, 0) is 31.4 Å². The van der Waals surface area contributed by atoms with Gasteiger partial charge in [-0.2, -0.15) is 9.78 Å². The van der Waals surface area contributed by atoms with Crippen molar-refractivity contribution >= 4 is 17.3 Å². The fourth-order valence-electron chi connectivity index (χ4n) is 2.40. The van der Waals surface area contributed by atoms with Crippen LogP contribution in [0.2, 0.25) is 5.02 Å². The number of hydrogen-bond donors (Lipinski definition) is 2. The van der Waals surface area contributed by atoms with Crippen LogP contribution in [0.25, 0.3) is 5.69 Å². The third-order valence-corrected chi connectivity index (χ3v) is 4.31. The summed E-state index contributed by atoms with van der Waals surface area (Å²) in [6.07, 6.45) is 3.59. The Balaban J connectivity index is 1.89. The van der Waals surface area contributed by atoms with Gasteiger partial charge < -0.3 is 10.4 Å². The third kappa shape index (κ3) is 3.07. The number of aromatic nitrogens is 2. The molecule has 1 aliphatic rings. The van der Waals surface area contributed by atoms with E-state index in [4.69, 9.17) is 11.6 Å². The van der Waals surface area contributed by atoms with Gasteiger partial charge in [0.05, 0.1) is 17.5 Å². The molecule has 8 heteroatoms. The van der Waals surface area contributed by atoms with E-state index in [9.17, 15) is 18.7 Å². The van der Waals surface area contributed by atoms with E-state index in [1.54, 1.807) is 0 Å². The molecule has 0 aliphatic heterocycles. The molecule has 0 radical (unpaired) electrons. The molecule has 5 nitrogen and oxygen atoms in total. The molecular formula is C15H14ClF2N3O2. The van der Waals surface area contributed by atoms with Crippen molar-refractivity contribution in [2.24, 2.45) is 0 Å². The molecule has 1 saturated carbocycles. The fraction of sp³-hybridized carbons (Fsp3) is 0.333. The highest BCUT2D eigenvalue weighted by Crippen LogP contribution is 2.32. The molecule has 0 spiro atoms. The molecular weight excluding hydrogens is 328 g/mol. The Hall–Kier alpha value is -1.99. The number of aliphatic hydroxyl groups is 1. The molecule has 1 heterocycles. The molecule has 122 valence electrons. The van der Waals surface area contributed by atoms with E-state index in [1.807, 2.05) is 0 Å².